The Morgan fingerprint density at radius 3 is 3.29 bits per heavy atom. The first-order valence-electron chi connectivity index (χ1n) is 4.55. The van der Waals surface area contributed by atoms with Gasteiger partial charge in [0, 0.05) is 31.5 Å². The van der Waals surface area contributed by atoms with Gasteiger partial charge in [-0.15, -0.1) is 5.10 Å². The molecule has 0 bridgehead atoms. The lowest BCUT2D eigenvalue weighted by Crippen LogP contribution is -2.40. The van der Waals surface area contributed by atoms with Crippen LogP contribution in [0.2, 0.25) is 0 Å². The van der Waals surface area contributed by atoms with Crippen molar-refractivity contribution in [2.45, 2.75) is 18.6 Å². The molecule has 2 N–H and O–H groups in total. The minimum atomic E-state index is -0.691. The molecule has 6 heteroatoms. The smallest absolute Gasteiger partial charge is 0.103 e. The normalized spacial score (nSPS) is 26.9. The van der Waals surface area contributed by atoms with Gasteiger partial charge in [0.1, 0.15) is 5.60 Å². The zero-order valence-electron chi connectivity index (χ0n) is 7.77. The summed E-state index contributed by atoms with van der Waals surface area (Å²) in [5.74, 6) is 0. The van der Waals surface area contributed by atoms with Crippen molar-refractivity contribution in [2.75, 3.05) is 19.8 Å². The maximum atomic E-state index is 9.90. The van der Waals surface area contributed by atoms with E-state index >= 15 is 0 Å². The first-order valence-corrected chi connectivity index (χ1v) is 5.39. The Labute approximate surface area is 86.3 Å². The van der Waals surface area contributed by atoms with E-state index in [9.17, 15) is 5.11 Å². The Balaban J connectivity index is 1.72. The Morgan fingerprint density at radius 2 is 2.64 bits per heavy atom. The van der Waals surface area contributed by atoms with E-state index in [-0.39, 0.29) is 0 Å². The van der Waals surface area contributed by atoms with Gasteiger partial charge in [0.25, 0.3) is 0 Å². The largest absolute Gasteiger partial charge is 0.386 e. The molecule has 0 aliphatic carbocycles. The van der Waals surface area contributed by atoms with Crippen LogP contribution in [0.1, 0.15) is 12.1 Å². The van der Waals surface area contributed by atoms with Crippen molar-refractivity contribution in [1.82, 2.24) is 14.9 Å². The molecule has 0 radical (unpaired) electrons. The zero-order valence-corrected chi connectivity index (χ0v) is 8.59. The van der Waals surface area contributed by atoms with Crippen LogP contribution in [0.15, 0.2) is 5.38 Å². The third-order valence-electron chi connectivity index (χ3n) is 2.25. The molecule has 0 amide bonds. The van der Waals surface area contributed by atoms with Crippen molar-refractivity contribution in [3.8, 4) is 0 Å². The fourth-order valence-electron chi connectivity index (χ4n) is 1.42. The first kappa shape index (κ1) is 9.97. The van der Waals surface area contributed by atoms with Gasteiger partial charge in [0.05, 0.1) is 12.3 Å². The predicted octanol–water partition coefficient (Wildman–Crippen LogP) is -0.221. The van der Waals surface area contributed by atoms with Gasteiger partial charge in [0.2, 0.25) is 0 Å². The van der Waals surface area contributed by atoms with Crippen LogP contribution in [0.5, 0.6) is 0 Å². The molecule has 1 aromatic heterocycles. The van der Waals surface area contributed by atoms with Crippen molar-refractivity contribution in [2.24, 2.45) is 0 Å². The number of nitrogens with zero attached hydrogens (tertiary/aromatic N) is 2. The molecular formula is C8H13N3O2S. The lowest BCUT2D eigenvalue weighted by atomic mass is 10.0. The Bertz CT molecular complexity index is 272. The Hall–Kier alpha value is -0.560. The van der Waals surface area contributed by atoms with Gasteiger partial charge in [-0.25, -0.2) is 0 Å². The summed E-state index contributed by atoms with van der Waals surface area (Å²) in [5.41, 5.74) is 0.223. The first-order chi connectivity index (χ1) is 6.79. The number of hydrogen-bond donors (Lipinski definition) is 2. The van der Waals surface area contributed by atoms with E-state index < -0.39 is 5.60 Å². The molecular weight excluding hydrogens is 202 g/mol. The van der Waals surface area contributed by atoms with E-state index in [4.69, 9.17) is 4.74 Å². The minimum absolute atomic E-state index is 0.426. The molecule has 1 aliphatic heterocycles. The predicted molar refractivity (Wildman–Crippen MR) is 52.0 cm³/mol. The molecule has 1 aromatic rings. The molecule has 1 saturated heterocycles. The molecule has 2 heterocycles. The summed E-state index contributed by atoms with van der Waals surface area (Å²) < 4.78 is 8.89. The average molecular weight is 215 g/mol. The molecule has 0 aromatic carbocycles. The third kappa shape index (κ3) is 2.48. The molecule has 14 heavy (non-hydrogen) atoms. The van der Waals surface area contributed by atoms with Gasteiger partial charge in [-0.05, 0) is 11.5 Å². The van der Waals surface area contributed by atoms with Crippen LogP contribution in [0.4, 0.5) is 0 Å². The topological polar surface area (TPSA) is 67.3 Å². The van der Waals surface area contributed by atoms with Crippen molar-refractivity contribution < 1.29 is 9.84 Å². The lowest BCUT2D eigenvalue weighted by Gasteiger charge is -2.20. The highest BCUT2D eigenvalue weighted by atomic mass is 32.1. The molecule has 0 spiro atoms. The molecule has 0 saturated carbocycles. The SMILES string of the molecule is OC1(CNCc2csnn2)CCOC1. The monoisotopic (exact) mass is 215 g/mol. The highest BCUT2D eigenvalue weighted by Crippen LogP contribution is 2.16. The highest BCUT2D eigenvalue weighted by molar-refractivity contribution is 7.03. The number of aromatic nitrogens is 2. The molecule has 1 fully saturated rings. The van der Waals surface area contributed by atoms with Gasteiger partial charge in [-0.2, -0.15) is 0 Å². The lowest BCUT2D eigenvalue weighted by molar-refractivity contribution is 0.0268. The van der Waals surface area contributed by atoms with E-state index in [1.807, 2.05) is 5.38 Å². The summed E-state index contributed by atoms with van der Waals surface area (Å²) in [6.45, 7) is 2.27. The molecule has 1 aliphatic rings. The summed E-state index contributed by atoms with van der Waals surface area (Å²) in [6, 6.07) is 0. The van der Waals surface area contributed by atoms with Gasteiger partial charge in [-0.1, -0.05) is 4.49 Å². The molecule has 1 unspecified atom stereocenters. The van der Waals surface area contributed by atoms with Gasteiger partial charge >= 0.3 is 0 Å². The van der Waals surface area contributed by atoms with Crippen molar-refractivity contribution in [3.05, 3.63) is 11.1 Å². The second-order valence-corrected chi connectivity index (χ2v) is 4.14. The van der Waals surface area contributed by atoms with E-state index in [0.717, 1.165) is 5.69 Å². The summed E-state index contributed by atoms with van der Waals surface area (Å²) in [4.78, 5) is 0. The fourth-order valence-corrected chi connectivity index (χ4v) is 1.87. The van der Waals surface area contributed by atoms with E-state index in [1.54, 1.807) is 0 Å². The van der Waals surface area contributed by atoms with Gasteiger partial charge < -0.3 is 15.2 Å². The van der Waals surface area contributed by atoms with Crippen LogP contribution in [-0.2, 0) is 11.3 Å². The maximum Gasteiger partial charge on any atom is 0.103 e. The minimum Gasteiger partial charge on any atom is -0.386 e. The summed E-state index contributed by atoms with van der Waals surface area (Å²) in [5, 5.41) is 18.8. The van der Waals surface area contributed by atoms with E-state index in [1.165, 1.54) is 11.5 Å². The number of hydrogen-bond acceptors (Lipinski definition) is 6. The number of rotatable bonds is 4. The van der Waals surface area contributed by atoms with E-state index in [0.29, 0.717) is 32.7 Å². The van der Waals surface area contributed by atoms with Crippen LogP contribution in [0.25, 0.3) is 0 Å². The standard InChI is InChI=1S/C8H13N3O2S/c12-8(1-2-13-6-8)5-9-3-7-4-14-11-10-7/h4,9,12H,1-3,5-6H2. The highest BCUT2D eigenvalue weighted by Gasteiger charge is 2.31. The fraction of sp³-hybridized carbons (Fsp3) is 0.750. The number of aliphatic hydroxyl groups is 1. The van der Waals surface area contributed by atoms with Crippen LogP contribution >= 0.6 is 11.5 Å². The molecule has 78 valence electrons. The second kappa shape index (κ2) is 4.31. The van der Waals surface area contributed by atoms with Crippen molar-refractivity contribution in [1.29, 1.82) is 0 Å². The Kier molecular flexibility index (Phi) is 3.07. The molecule has 1 atom stereocenters. The second-order valence-electron chi connectivity index (χ2n) is 3.53. The number of nitrogens with one attached hydrogen (secondary N) is 1. The third-order valence-corrected chi connectivity index (χ3v) is 2.80. The van der Waals surface area contributed by atoms with Crippen LogP contribution in [0.3, 0.4) is 0 Å². The zero-order chi connectivity index (χ0) is 9.86. The van der Waals surface area contributed by atoms with Gasteiger partial charge in [0.15, 0.2) is 0 Å². The Morgan fingerprint density at radius 1 is 1.71 bits per heavy atom. The molecule has 5 nitrogen and oxygen atoms in total. The number of ether oxygens (including phenoxy) is 1. The summed E-state index contributed by atoms with van der Waals surface area (Å²) in [6.07, 6.45) is 0.704. The maximum absolute atomic E-state index is 9.90. The van der Waals surface area contributed by atoms with Gasteiger partial charge in [-0.3, -0.25) is 0 Å². The van der Waals surface area contributed by atoms with Crippen LogP contribution in [0, 0.1) is 0 Å². The van der Waals surface area contributed by atoms with Crippen molar-refractivity contribution >= 4 is 11.5 Å². The van der Waals surface area contributed by atoms with Crippen molar-refractivity contribution in [3.63, 3.8) is 0 Å². The van der Waals surface area contributed by atoms with Crippen LogP contribution in [-0.4, -0.2) is 40.1 Å². The quantitative estimate of drug-likeness (QED) is 0.727. The van der Waals surface area contributed by atoms with E-state index in [2.05, 4.69) is 14.9 Å². The average Bonchev–Trinajstić information content (AvgIpc) is 2.77. The molecule has 2 rings (SSSR count). The summed E-state index contributed by atoms with van der Waals surface area (Å²) >= 11 is 1.33. The summed E-state index contributed by atoms with van der Waals surface area (Å²) in [7, 11) is 0. The van der Waals surface area contributed by atoms with Crippen LogP contribution < -0.4 is 5.32 Å².